The van der Waals surface area contributed by atoms with Crippen molar-refractivity contribution in [2.24, 2.45) is 5.92 Å². The van der Waals surface area contributed by atoms with Crippen molar-refractivity contribution in [2.45, 2.75) is 77.2 Å². The van der Waals surface area contributed by atoms with Gasteiger partial charge in [-0.3, -0.25) is 9.69 Å². The predicted octanol–water partition coefficient (Wildman–Crippen LogP) is 7.12. The van der Waals surface area contributed by atoms with E-state index in [1.54, 1.807) is 0 Å². The molecule has 1 aliphatic carbocycles. The molecule has 4 rings (SSSR count). The van der Waals surface area contributed by atoms with Gasteiger partial charge >= 0.3 is 0 Å². The van der Waals surface area contributed by atoms with Crippen LogP contribution in [0.15, 0.2) is 78.9 Å². The number of aliphatic hydroxyl groups is 1. The molecule has 1 fully saturated rings. The van der Waals surface area contributed by atoms with E-state index in [2.05, 4.69) is 41.4 Å². The summed E-state index contributed by atoms with van der Waals surface area (Å²) in [4.78, 5) is 13.7. The number of carbonyl (C=O) groups is 1. The second-order valence-electron chi connectivity index (χ2n) is 10.7. The molecule has 0 aliphatic heterocycles. The van der Waals surface area contributed by atoms with E-state index in [1.807, 2.05) is 54.6 Å². The number of carbonyl (C=O) groups excluding carboxylic acids is 1. The number of benzene rings is 3. The highest BCUT2D eigenvalue weighted by molar-refractivity contribution is 5.76. The summed E-state index contributed by atoms with van der Waals surface area (Å²) in [6.07, 6.45) is 9.19. The van der Waals surface area contributed by atoms with Crippen molar-refractivity contribution >= 4 is 12.1 Å². The Hall–Kier alpha value is -3.15. The maximum Gasteiger partial charge on any atom is 0.211 e. The number of aliphatic hydroxyl groups excluding tert-OH is 1. The Labute approximate surface area is 227 Å². The minimum absolute atomic E-state index is 0.354. The summed E-state index contributed by atoms with van der Waals surface area (Å²) in [6, 6.07) is 26.3. The van der Waals surface area contributed by atoms with Gasteiger partial charge in [0.2, 0.25) is 6.41 Å². The summed E-state index contributed by atoms with van der Waals surface area (Å²) < 4.78 is 5.98. The van der Waals surface area contributed by atoms with Gasteiger partial charge < -0.3 is 15.2 Å². The topological polar surface area (TPSA) is 61.8 Å². The van der Waals surface area contributed by atoms with Crippen LogP contribution < -0.4 is 10.1 Å². The van der Waals surface area contributed by atoms with Crippen LogP contribution >= 0.6 is 0 Å². The van der Waals surface area contributed by atoms with Gasteiger partial charge in [-0.25, -0.2) is 0 Å². The fourth-order valence-electron chi connectivity index (χ4n) is 5.47. The highest BCUT2D eigenvalue weighted by Gasteiger charge is 2.22. The van der Waals surface area contributed by atoms with Crippen molar-refractivity contribution in [3.8, 4) is 5.75 Å². The Kier molecular flexibility index (Phi) is 10.8. The Morgan fingerprint density at radius 1 is 0.974 bits per heavy atom. The van der Waals surface area contributed by atoms with E-state index >= 15 is 0 Å². The van der Waals surface area contributed by atoms with E-state index in [4.69, 9.17) is 4.74 Å². The van der Waals surface area contributed by atoms with E-state index < -0.39 is 6.10 Å². The standard InChI is InChI=1S/C33H42N2O3/c1-26(17-18-27-11-5-2-6-12-27)35(22-28-13-7-3-8-14-28)23-32(37)30-19-20-33(31(21-30)34-25-36)38-24-29-15-9-4-10-16-29/h3-4,7-10,13-16,19-21,25-27,32,37H,2,5-6,11-12,17-18,22-24H2,1H3,(H,34,36). The molecule has 2 N–H and O–H groups in total. The fraction of sp³-hybridized carbons (Fsp3) is 0.424. The molecule has 5 heteroatoms. The number of nitrogens with zero attached hydrogens (tertiary/aromatic N) is 1. The summed E-state index contributed by atoms with van der Waals surface area (Å²) in [5.41, 5.74) is 3.62. The molecule has 38 heavy (non-hydrogen) atoms. The van der Waals surface area contributed by atoms with Crippen LogP contribution in [0, 0.1) is 5.92 Å². The van der Waals surface area contributed by atoms with Gasteiger partial charge in [0.25, 0.3) is 0 Å². The van der Waals surface area contributed by atoms with Gasteiger partial charge in [0.05, 0.1) is 11.8 Å². The molecule has 1 aliphatic rings. The average molecular weight is 515 g/mol. The molecule has 2 unspecified atom stereocenters. The van der Waals surface area contributed by atoms with E-state index in [-0.39, 0.29) is 0 Å². The fourth-order valence-corrected chi connectivity index (χ4v) is 5.47. The number of hydrogen-bond donors (Lipinski definition) is 2. The number of ether oxygens (including phenoxy) is 1. The van der Waals surface area contributed by atoms with Crippen LogP contribution in [-0.4, -0.2) is 29.0 Å². The molecule has 5 nitrogen and oxygen atoms in total. The van der Waals surface area contributed by atoms with Crippen molar-refractivity contribution in [1.29, 1.82) is 0 Å². The van der Waals surface area contributed by atoms with Gasteiger partial charge in [-0.05, 0) is 54.5 Å². The molecule has 0 aromatic heterocycles. The van der Waals surface area contributed by atoms with Crippen molar-refractivity contribution in [3.05, 3.63) is 95.6 Å². The molecule has 3 aromatic carbocycles. The Bertz CT molecular complexity index is 1100. The first-order valence-electron chi connectivity index (χ1n) is 14.1. The molecule has 0 radical (unpaired) electrons. The molecule has 0 saturated heterocycles. The zero-order valence-corrected chi connectivity index (χ0v) is 22.6. The van der Waals surface area contributed by atoms with Gasteiger partial charge in [-0.1, -0.05) is 98.8 Å². The maximum atomic E-state index is 11.3. The molecule has 202 valence electrons. The summed E-state index contributed by atoms with van der Waals surface area (Å²) in [7, 11) is 0. The zero-order chi connectivity index (χ0) is 26.6. The first-order chi connectivity index (χ1) is 18.6. The third kappa shape index (κ3) is 8.44. The predicted molar refractivity (Wildman–Crippen MR) is 154 cm³/mol. The first kappa shape index (κ1) is 27.9. The second kappa shape index (κ2) is 14.7. The summed E-state index contributed by atoms with van der Waals surface area (Å²) in [5, 5.41) is 14.1. The Balaban J connectivity index is 1.44. The molecule has 1 amide bonds. The van der Waals surface area contributed by atoms with E-state index in [0.717, 1.165) is 30.0 Å². The van der Waals surface area contributed by atoms with Crippen molar-refractivity contribution in [1.82, 2.24) is 4.90 Å². The number of rotatable bonds is 14. The second-order valence-corrected chi connectivity index (χ2v) is 10.7. The third-order valence-electron chi connectivity index (χ3n) is 7.82. The van der Waals surface area contributed by atoms with Crippen LogP contribution in [0.4, 0.5) is 5.69 Å². The van der Waals surface area contributed by atoms with E-state index in [9.17, 15) is 9.90 Å². The lowest BCUT2D eigenvalue weighted by Crippen LogP contribution is -2.36. The molecule has 0 heterocycles. The minimum atomic E-state index is -0.689. The number of hydrogen-bond acceptors (Lipinski definition) is 4. The zero-order valence-electron chi connectivity index (χ0n) is 22.6. The minimum Gasteiger partial charge on any atom is -0.487 e. The quantitative estimate of drug-likeness (QED) is 0.225. The number of nitrogens with one attached hydrogen (secondary N) is 1. The molecular weight excluding hydrogens is 472 g/mol. The van der Waals surface area contributed by atoms with Crippen molar-refractivity contribution < 1.29 is 14.6 Å². The largest absolute Gasteiger partial charge is 0.487 e. The van der Waals surface area contributed by atoms with E-state index in [0.29, 0.717) is 37.0 Å². The highest BCUT2D eigenvalue weighted by atomic mass is 16.5. The molecule has 3 aromatic rings. The van der Waals surface area contributed by atoms with Crippen LogP contribution in [0.3, 0.4) is 0 Å². The number of anilines is 1. The van der Waals surface area contributed by atoms with Crippen LogP contribution in [0.1, 0.15) is 74.7 Å². The van der Waals surface area contributed by atoms with Gasteiger partial charge in [0.15, 0.2) is 0 Å². The molecular formula is C33H42N2O3. The number of amides is 1. The lowest BCUT2D eigenvalue weighted by atomic mass is 9.85. The summed E-state index contributed by atoms with van der Waals surface area (Å²) in [5.74, 6) is 1.42. The van der Waals surface area contributed by atoms with Crippen LogP contribution in [0.25, 0.3) is 0 Å². The smallest absolute Gasteiger partial charge is 0.211 e. The van der Waals surface area contributed by atoms with Gasteiger partial charge in [-0.15, -0.1) is 0 Å². The Morgan fingerprint density at radius 2 is 1.66 bits per heavy atom. The molecule has 2 atom stereocenters. The third-order valence-corrected chi connectivity index (χ3v) is 7.82. The van der Waals surface area contributed by atoms with Gasteiger partial charge in [0.1, 0.15) is 12.4 Å². The lowest BCUT2D eigenvalue weighted by molar-refractivity contribution is -0.105. The molecule has 0 spiro atoms. The molecule has 0 bridgehead atoms. The van der Waals surface area contributed by atoms with Gasteiger partial charge in [-0.2, -0.15) is 0 Å². The van der Waals surface area contributed by atoms with Crippen LogP contribution in [0.2, 0.25) is 0 Å². The average Bonchev–Trinajstić information content (AvgIpc) is 2.96. The van der Waals surface area contributed by atoms with Gasteiger partial charge in [0, 0.05) is 19.1 Å². The van der Waals surface area contributed by atoms with Crippen molar-refractivity contribution in [3.63, 3.8) is 0 Å². The van der Waals surface area contributed by atoms with E-state index in [1.165, 1.54) is 44.1 Å². The normalized spacial score (nSPS) is 15.7. The lowest BCUT2D eigenvalue weighted by Gasteiger charge is -2.33. The SMILES string of the molecule is CC(CCC1CCCCC1)N(Cc1ccccc1)CC(O)c1ccc(OCc2ccccc2)c(NC=O)c1. The summed E-state index contributed by atoms with van der Waals surface area (Å²) in [6.45, 7) is 4.00. The summed E-state index contributed by atoms with van der Waals surface area (Å²) >= 11 is 0. The Morgan fingerprint density at radius 3 is 2.34 bits per heavy atom. The molecule has 1 saturated carbocycles. The maximum absolute atomic E-state index is 11.3. The van der Waals surface area contributed by atoms with Crippen LogP contribution in [-0.2, 0) is 17.9 Å². The van der Waals surface area contributed by atoms with Crippen molar-refractivity contribution in [2.75, 3.05) is 11.9 Å². The monoisotopic (exact) mass is 514 g/mol. The first-order valence-corrected chi connectivity index (χ1v) is 14.1. The highest BCUT2D eigenvalue weighted by Crippen LogP contribution is 2.31. The van der Waals surface area contributed by atoms with Crippen LogP contribution in [0.5, 0.6) is 5.75 Å².